The standard InChI is InChI=1S/C19H29N/c1-3-16-8-10-19(11-9-16)12-13-20-14-18(19)17-6-4-15(2)5-7-17/h4-7,16,18,20H,3,8-14H2,1-2H3. The lowest BCUT2D eigenvalue weighted by Crippen LogP contribution is -2.45. The van der Waals surface area contributed by atoms with E-state index >= 15 is 0 Å². The van der Waals surface area contributed by atoms with Crippen molar-refractivity contribution >= 4 is 0 Å². The van der Waals surface area contributed by atoms with Gasteiger partial charge in [0.25, 0.3) is 0 Å². The van der Waals surface area contributed by atoms with Gasteiger partial charge in [0.05, 0.1) is 0 Å². The normalized spacial score (nSPS) is 34.3. The Hall–Kier alpha value is -0.820. The molecule has 0 bridgehead atoms. The van der Waals surface area contributed by atoms with E-state index in [0.717, 1.165) is 11.8 Å². The summed E-state index contributed by atoms with van der Waals surface area (Å²) in [5.74, 6) is 1.73. The Morgan fingerprint density at radius 3 is 2.45 bits per heavy atom. The predicted octanol–water partition coefficient (Wildman–Crippen LogP) is 4.66. The van der Waals surface area contributed by atoms with Crippen molar-refractivity contribution < 1.29 is 0 Å². The molecule has 1 heteroatoms. The number of piperidine rings is 1. The van der Waals surface area contributed by atoms with Crippen molar-refractivity contribution in [3.8, 4) is 0 Å². The zero-order valence-electron chi connectivity index (χ0n) is 13.1. The maximum absolute atomic E-state index is 3.64. The molecular formula is C19H29N. The summed E-state index contributed by atoms with van der Waals surface area (Å²) in [6, 6.07) is 9.33. The molecule has 1 heterocycles. The zero-order chi connectivity index (χ0) is 14.0. The first kappa shape index (κ1) is 14.1. The Labute approximate surface area is 124 Å². The summed E-state index contributed by atoms with van der Waals surface area (Å²) >= 11 is 0. The van der Waals surface area contributed by atoms with Crippen LogP contribution in [0.15, 0.2) is 24.3 Å². The fourth-order valence-electron chi connectivity index (χ4n) is 4.50. The van der Waals surface area contributed by atoms with Crippen molar-refractivity contribution in [3.63, 3.8) is 0 Å². The molecule has 1 unspecified atom stereocenters. The first-order valence-electron chi connectivity index (χ1n) is 8.51. The molecule has 1 spiro atoms. The van der Waals surface area contributed by atoms with E-state index in [4.69, 9.17) is 0 Å². The van der Waals surface area contributed by atoms with Crippen LogP contribution >= 0.6 is 0 Å². The molecule has 1 aliphatic heterocycles. The SMILES string of the molecule is CCC1CCC2(CCNCC2c2ccc(C)cc2)CC1. The quantitative estimate of drug-likeness (QED) is 0.825. The molecule has 1 aromatic carbocycles. The van der Waals surface area contributed by atoms with E-state index < -0.39 is 0 Å². The number of benzene rings is 1. The van der Waals surface area contributed by atoms with Crippen molar-refractivity contribution in [3.05, 3.63) is 35.4 Å². The van der Waals surface area contributed by atoms with Crippen LogP contribution in [0.1, 0.15) is 62.5 Å². The van der Waals surface area contributed by atoms with E-state index in [9.17, 15) is 0 Å². The third kappa shape index (κ3) is 2.65. The van der Waals surface area contributed by atoms with Gasteiger partial charge in [-0.05, 0) is 62.5 Å². The monoisotopic (exact) mass is 271 g/mol. The minimum atomic E-state index is 0.589. The molecule has 2 aliphatic rings. The predicted molar refractivity (Wildman–Crippen MR) is 86.1 cm³/mol. The maximum Gasteiger partial charge on any atom is 0.00255 e. The third-order valence-corrected chi connectivity index (χ3v) is 6.05. The number of rotatable bonds is 2. The molecule has 1 saturated heterocycles. The molecule has 1 nitrogen and oxygen atoms in total. The molecule has 110 valence electrons. The molecule has 1 aliphatic carbocycles. The van der Waals surface area contributed by atoms with Crippen LogP contribution in [0.25, 0.3) is 0 Å². The second kappa shape index (κ2) is 5.89. The average Bonchev–Trinajstić information content (AvgIpc) is 2.50. The van der Waals surface area contributed by atoms with E-state index in [-0.39, 0.29) is 0 Å². The van der Waals surface area contributed by atoms with Crippen LogP contribution < -0.4 is 5.32 Å². The third-order valence-electron chi connectivity index (χ3n) is 6.05. The summed E-state index contributed by atoms with van der Waals surface area (Å²) < 4.78 is 0. The van der Waals surface area contributed by atoms with E-state index in [1.807, 2.05) is 0 Å². The molecule has 3 rings (SSSR count). The highest BCUT2D eigenvalue weighted by molar-refractivity contribution is 5.27. The van der Waals surface area contributed by atoms with Crippen molar-refractivity contribution in [1.29, 1.82) is 0 Å². The lowest BCUT2D eigenvalue weighted by molar-refractivity contribution is 0.0783. The van der Waals surface area contributed by atoms with E-state index in [2.05, 4.69) is 43.4 Å². The van der Waals surface area contributed by atoms with E-state index in [0.29, 0.717) is 5.41 Å². The minimum absolute atomic E-state index is 0.589. The highest BCUT2D eigenvalue weighted by Gasteiger charge is 2.43. The van der Waals surface area contributed by atoms with Crippen LogP contribution in [0.5, 0.6) is 0 Å². The van der Waals surface area contributed by atoms with E-state index in [1.54, 1.807) is 5.56 Å². The van der Waals surface area contributed by atoms with Gasteiger partial charge in [0.2, 0.25) is 0 Å². The topological polar surface area (TPSA) is 12.0 Å². The number of nitrogens with one attached hydrogen (secondary N) is 1. The van der Waals surface area contributed by atoms with Gasteiger partial charge in [-0.3, -0.25) is 0 Å². The molecule has 1 aromatic rings. The summed E-state index contributed by atoms with van der Waals surface area (Å²) in [4.78, 5) is 0. The van der Waals surface area contributed by atoms with Gasteiger partial charge in [0, 0.05) is 12.5 Å². The molecule has 2 fully saturated rings. The Morgan fingerprint density at radius 1 is 1.10 bits per heavy atom. The Morgan fingerprint density at radius 2 is 1.80 bits per heavy atom. The molecule has 1 N–H and O–H groups in total. The Bertz CT molecular complexity index is 426. The van der Waals surface area contributed by atoms with Crippen molar-refractivity contribution in [2.75, 3.05) is 13.1 Å². The second-order valence-corrected chi connectivity index (χ2v) is 7.13. The highest BCUT2D eigenvalue weighted by atomic mass is 14.9. The highest BCUT2D eigenvalue weighted by Crippen LogP contribution is 2.52. The van der Waals surface area contributed by atoms with Gasteiger partial charge in [-0.25, -0.2) is 0 Å². The van der Waals surface area contributed by atoms with Crippen LogP contribution in [0.4, 0.5) is 0 Å². The Balaban J connectivity index is 1.82. The maximum atomic E-state index is 3.64. The molecule has 20 heavy (non-hydrogen) atoms. The van der Waals surface area contributed by atoms with Gasteiger partial charge in [0.15, 0.2) is 0 Å². The summed E-state index contributed by atoms with van der Waals surface area (Å²) in [7, 11) is 0. The van der Waals surface area contributed by atoms with Gasteiger partial charge >= 0.3 is 0 Å². The smallest absolute Gasteiger partial charge is 0.00255 e. The number of hydrogen-bond donors (Lipinski definition) is 1. The van der Waals surface area contributed by atoms with Crippen LogP contribution in [0.3, 0.4) is 0 Å². The van der Waals surface area contributed by atoms with Gasteiger partial charge < -0.3 is 5.32 Å². The minimum Gasteiger partial charge on any atom is -0.316 e. The molecule has 1 atom stereocenters. The van der Waals surface area contributed by atoms with E-state index in [1.165, 1.54) is 57.2 Å². The molecule has 0 amide bonds. The number of hydrogen-bond acceptors (Lipinski definition) is 1. The average molecular weight is 271 g/mol. The fourth-order valence-corrected chi connectivity index (χ4v) is 4.50. The van der Waals surface area contributed by atoms with Gasteiger partial charge in [-0.2, -0.15) is 0 Å². The summed E-state index contributed by atoms with van der Waals surface area (Å²) in [5.41, 5.74) is 3.53. The van der Waals surface area contributed by atoms with Crippen molar-refractivity contribution in [2.45, 2.75) is 58.3 Å². The molecule has 0 radical (unpaired) electrons. The first-order valence-corrected chi connectivity index (χ1v) is 8.51. The molecular weight excluding hydrogens is 242 g/mol. The molecule has 1 saturated carbocycles. The lowest BCUT2D eigenvalue weighted by Gasteiger charge is -2.49. The second-order valence-electron chi connectivity index (χ2n) is 7.13. The fraction of sp³-hybridized carbons (Fsp3) is 0.684. The largest absolute Gasteiger partial charge is 0.316 e. The first-order chi connectivity index (χ1) is 9.73. The van der Waals surface area contributed by atoms with Gasteiger partial charge in [0.1, 0.15) is 0 Å². The van der Waals surface area contributed by atoms with Crippen LogP contribution in [0, 0.1) is 18.3 Å². The molecule has 0 aromatic heterocycles. The van der Waals surface area contributed by atoms with Crippen LogP contribution in [-0.4, -0.2) is 13.1 Å². The van der Waals surface area contributed by atoms with Gasteiger partial charge in [-0.1, -0.05) is 43.2 Å². The summed E-state index contributed by atoms with van der Waals surface area (Å²) in [6.45, 7) is 6.95. The lowest BCUT2D eigenvalue weighted by atomic mass is 9.59. The number of aryl methyl sites for hydroxylation is 1. The van der Waals surface area contributed by atoms with Gasteiger partial charge in [-0.15, -0.1) is 0 Å². The van der Waals surface area contributed by atoms with Crippen LogP contribution in [-0.2, 0) is 0 Å². The Kier molecular flexibility index (Phi) is 4.16. The summed E-state index contributed by atoms with van der Waals surface area (Å²) in [6.07, 6.45) is 8.57. The van der Waals surface area contributed by atoms with Crippen molar-refractivity contribution in [2.24, 2.45) is 11.3 Å². The zero-order valence-corrected chi connectivity index (χ0v) is 13.1. The van der Waals surface area contributed by atoms with Crippen LogP contribution in [0.2, 0.25) is 0 Å². The summed E-state index contributed by atoms with van der Waals surface area (Å²) in [5, 5.41) is 3.64. The van der Waals surface area contributed by atoms with Crippen molar-refractivity contribution in [1.82, 2.24) is 5.32 Å².